The number of ketones is 1. The third kappa shape index (κ3) is 3.09. The van der Waals surface area contributed by atoms with Gasteiger partial charge in [0.2, 0.25) is 0 Å². The Morgan fingerprint density at radius 3 is 2.57 bits per heavy atom. The molecule has 4 atom stereocenters. The highest BCUT2D eigenvalue weighted by molar-refractivity contribution is 6.11. The van der Waals surface area contributed by atoms with Crippen molar-refractivity contribution in [3.63, 3.8) is 0 Å². The fourth-order valence-electron chi connectivity index (χ4n) is 4.68. The van der Waals surface area contributed by atoms with E-state index in [-0.39, 0.29) is 29.5 Å². The number of benzene rings is 1. The van der Waals surface area contributed by atoms with Crippen LogP contribution in [0.4, 0.5) is 0 Å². The van der Waals surface area contributed by atoms with Crippen molar-refractivity contribution in [2.24, 2.45) is 11.8 Å². The number of rotatable bonds is 5. The molecule has 28 heavy (non-hydrogen) atoms. The predicted octanol–water partition coefficient (Wildman–Crippen LogP) is 2.88. The average Bonchev–Trinajstić information content (AvgIpc) is 2.99. The molecular formula is C22H27NO5. The molecule has 0 aromatic heterocycles. The van der Waals surface area contributed by atoms with Crippen molar-refractivity contribution in [2.75, 3.05) is 27.4 Å². The molecule has 1 saturated carbocycles. The first-order valence-corrected chi connectivity index (χ1v) is 9.94. The minimum absolute atomic E-state index is 0.0758. The highest BCUT2D eigenvalue weighted by Gasteiger charge is 2.52. The van der Waals surface area contributed by atoms with Crippen LogP contribution in [-0.4, -0.2) is 50.1 Å². The molecule has 6 nitrogen and oxygen atoms in total. The molecule has 4 rings (SSSR count). The molecular weight excluding hydrogens is 358 g/mol. The zero-order valence-electron chi connectivity index (χ0n) is 16.6. The molecule has 1 aromatic carbocycles. The minimum Gasteiger partial charge on any atom is -0.497 e. The number of amides is 1. The summed E-state index contributed by atoms with van der Waals surface area (Å²) >= 11 is 0. The third-order valence-corrected chi connectivity index (χ3v) is 6.17. The van der Waals surface area contributed by atoms with Crippen molar-refractivity contribution in [1.82, 2.24) is 4.90 Å². The van der Waals surface area contributed by atoms with Crippen molar-refractivity contribution in [2.45, 2.75) is 38.3 Å². The van der Waals surface area contributed by atoms with E-state index in [0.717, 1.165) is 30.6 Å². The second-order valence-corrected chi connectivity index (χ2v) is 7.96. The van der Waals surface area contributed by atoms with Gasteiger partial charge in [-0.25, -0.2) is 0 Å². The van der Waals surface area contributed by atoms with Gasteiger partial charge in [-0.1, -0.05) is 19.1 Å². The van der Waals surface area contributed by atoms with Crippen molar-refractivity contribution in [1.29, 1.82) is 0 Å². The molecule has 2 aliphatic heterocycles. The summed E-state index contributed by atoms with van der Waals surface area (Å²) in [5, 5.41) is 0. The molecule has 1 aliphatic carbocycles. The Hall–Kier alpha value is -2.34. The molecule has 0 N–H and O–H groups in total. The molecule has 0 bridgehead atoms. The second-order valence-electron chi connectivity index (χ2n) is 7.96. The fourth-order valence-corrected chi connectivity index (χ4v) is 4.68. The predicted molar refractivity (Wildman–Crippen MR) is 103 cm³/mol. The van der Waals surface area contributed by atoms with Gasteiger partial charge in [0.15, 0.2) is 11.5 Å². The standard InChI is InChI=1S/C22H27NO5/c1-13-4-9-17-16(12-13)20(24)18-19(14-5-7-15(27-3)8-6-14)23(10-11-26-2)22(25)21(18)28-17/h5-8,13,16-17,19H,4,9-12H2,1-3H3. The highest BCUT2D eigenvalue weighted by Crippen LogP contribution is 2.47. The van der Waals surface area contributed by atoms with Crippen molar-refractivity contribution in [3.05, 3.63) is 41.2 Å². The summed E-state index contributed by atoms with van der Waals surface area (Å²) in [5.41, 5.74) is 1.40. The maximum Gasteiger partial charge on any atom is 0.290 e. The van der Waals surface area contributed by atoms with Crippen LogP contribution in [0.5, 0.6) is 5.75 Å². The maximum atomic E-state index is 13.5. The lowest BCUT2D eigenvalue weighted by molar-refractivity contribution is -0.136. The van der Waals surface area contributed by atoms with Crippen LogP contribution >= 0.6 is 0 Å². The van der Waals surface area contributed by atoms with Crippen molar-refractivity contribution >= 4 is 11.7 Å². The maximum absolute atomic E-state index is 13.5. The Kier molecular flexibility index (Phi) is 5.15. The first kappa shape index (κ1) is 19.0. The summed E-state index contributed by atoms with van der Waals surface area (Å²) in [6.45, 7) is 2.98. The number of fused-ring (bicyclic) bond motifs is 1. The molecule has 6 heteroatoms. The van der Waals surface area contributed by atoms with Crippen LogP contribution in [0.25, 0.3) is 0 Å². The van der Waals surface area contributed by atoms with Crippen LogP contribution in [0.1, 0.15) is 37.8 Å². The largest absolute Gasteiger partial charge is 0.497 e. The van der Waals surface area contributed by atoms with E-state index in [2.05, 4.69) is 6.92 Å². The quantitative estimate of drug-likeness (QED) is 0.780. The van der Waals surface area contributed by atoms with E-state index in [0.29, 0.717) is 24.6 Å². The van der Waals surface area contributed by atoms with E-state index in [1.165, 1.54) is 0 Å². The van der Waals surface area contributed by atoms with Crippen LogP contribution in [-0.2, 0) is 19.1 Å². The number of ether oxygens (including phenoxy) is 3. The average molecular weight is 385 g/mol. The van der Waals surface area contributed by atoms with Crippen LogP contribution in [0.15, 0.2) is 35.6 Å². The Balaban J connectivity index is 1.74. The number of hydrogen-bond acceptors (Lipinski definition) is 5. The summed E-state index contributed by atoms with van der Waals surface area (Å²) < 4.78 is 16.6. The lowest BCUT2D eigenvalue weighted by atomic mass is 9.74. The van der Waals surface area contributed by atoms with Gasteiger partial charge < -0.3 is 19.1 Å². The van der Waals surface area contributed by atoms with Gasteiger partial charge in [0.1, 0.15) is 11.9 Å². The fraction of sp³-hybridized carbons (Fsp3) is 0.545. The zero-order chi connectivity index (χ0) is 19.8. The Labute approximate surface area is 165 Å². The van der Waals surface area contributed by atoms with Gasteiger partial charge in [-0.2, -0.15) is 0 Å². The number of Topliss-reactive ketones (excluding diaryl/α,β-unsaturated/α-hetero) is 1. The molecule has 0 saturated heterocycles. The van der Waals surface area contributed by atoms with Gasteiger partial charge >= 0.3 is 0 Å². The molecule has 0 radical (unpaired) electrons. The normalized spacial score (nSPS) is 29.5. The van der Waals surface area contributed by atoms with Gasteiger partial charge in [0.25, 0.3) is 5.91 Å². The molecule has 2 heterocycles. The number of carbonyl (C=O) groups excluding carboxylic acids is 2. The number of nitrogens with zero attached hydrogens (tertiary/aromatic N) is 1. The monoisotopic (exact) mass is 385 g/mol. The summed E-state index contributed by atoms with van der Waals surface area (Å²) in [4.78, 5) is 28.3. The van der Waals surface area contributed by atoms with Crippen LogP contribution in [0, 0.1) is 11.8 Å². The summed E-state index contributed by atoms with van der Waals surface area (Å²) in [7, 11) is 3.22. The molecule has 1 aromatic rings. The van der Waals surface area contributed by atoms with E-state index in [1.807, 2.05) is 24.3 Å². The van der Waals surface area contributed by atoms with Crippen LogP contribution < -0.4 is 4.74 Å². The van der Waals surface area contributed by atoms with Crippen LogP contribution in [0.3, 0.4) is 0 Å². The summed E-state index contributed by atoms with van der Waals surface area (Å²) in [6.07, 6.45) is 2.50. The van der Waals surface area contributed by atoms with Gasteiger partial charge in [0.05, 0.1) is 31.2 Å². The first-order valence-electron chi connectivity index (χ1n) is 9.94. The van der Waals surface area contributed by atoms with E-state index in [1.54, 1.807) is 19.1 Å². The van der Waals surface area contributed by atoms with E-state index in [9.17, 15) is 9.59 Å². The van der Waals surface area contributed by atoms with E-state index in [4.69, 9.17) is 14.2 Å². The number of carbonyl (C=O) groups is 2. The molecule has 3 aliphatic rings. The van der Waals surface area contributed by atoms with Gasteiger partial charge in [-0.15, -0.1) is 0 Å². The van der Waals surface area contributed by atoms with Crippen molar-refractivity contribution < 1.29 is 23.8 Å². The lowest BCUT2D eigenvalue weighted by Gasteiger charge is -2.37. The van der Waals surface area contributed by atoms with Gasteiger partial charge in [0, 0.05) is 13.7 Å². The zero-order valence-corrected chi connectivity index (χ0v) is 16.6. The Morgan fingerprint density at radius 1 is 1.14 bits per heavy atom. The van der Waals surface area contributed by atoms with Crippen LogP contribution in [0.2, 0.25) is 0 Å². The summed E-state index contributed by atoms with van der Waals surface area (Å²) in [6, 6.07) is 7.10. The molecule has 150 valence electrons. The topological polar surface area (TPSA) is 65.1 Å². The van der Waals surface area contributed by atoms with Crippen molar-refractivity contribution in [3.8, 4) is 5.75 Å². The van der Waals surface area contributed by atoms with E-state index < -0.39 is 6.04 Å². The minimum atomic E-state index is -0.436. The van der Waals surface area contributed by atoms with Gasteiger partial charge in [-0.3, -0.25) is 9.59 Å². The Bertz CT molecular complexity index is 800. The first-order chi connectivity index (χ1) is 13.5. The molecule has 4 unspecified atom stereocenters. The SMILES string of the molecule is COCCN1C(=O)C2=C(C(=O)C3CC(C)CCC3O2)C1c1ccc(OC)cc1. The molecule has 1 amide bonds. The van der Waals surface area contributed by atoms with E-state index >= 15 is 0 Å². The smallest absolute Gasteiger partial charge is 0.290 e. The summed E-state index contributed by atoms with van der Waals surface area (Å²) in [5.74, 6) is 1.19. The highest BCUT2D eigenvalue weighted by atomic mass is 16.5. The third-order valence-electron chi connectivity index (χ3n) is 6.17. The Morgan fingerprint density at radius 2 is 1.89 bits per heavy atom. The second kappa shape index (κ2) is 7.59. The number of methoxy groups -OCH3 is 2. The lowest BCUT2D eigenvalue weighted by Crippen LogP contribution is -2.41. The van der Waals surface area contributed by atoms with Gasteiger partial charge in [-0.05, 0) is 42.9 Å². The molecule has 1 fully saturated rings. The molecule has 0 spiro atoms. The number of hydrogen-bond donors (Lipinski definition) is 0.